The van der Waals surface area contributed by atoms with Gasteiger partial charge in [0, 0.05) is 12.1 Å². The zero-order valence-corrected chi connectivity index (χ0v) is 12.2. The second-order valence-electron chi connectivity index (χ2n) is 4.72. The van der Waals surface area contributed by atoms with Crippen molar-refractivity contribution < 1.29 is 14.3 Å². The molecule has 1 aliphatic heterocycles. The smallest absolute Gasteiger partial charge is 0.358 e. The van der Waals surface area contributed by atoms with E-state index < -0.39 is 5.97 Å². The Morgan fingerprint density at radius 2 is 2.19 bits per heavy atom. The van der Waals surface area contributed by atoms with E-state index in [1.54, 1.807) is 29.8 Å². The van der Waals surface area contributed by atoms with Crippen molar-refractivity contribution in [2.24, 2.45) is 0 Å². The summed E-state index contributed by atoms with van der Waals surface area (Å²) >= 11 is 5.98. The third-order valence-electron chi connectivity index (χ3n) is 3.43. The number of rotatable bonds is 1. The fraction of sp³-hybridized carbons (Fsp3) is 0.214. The first-order valence-corrected chi connectivity index (χ1v) is 6.60. The van der Waals surface area contributed by atoms with Gasteiger partial charge in [0.1, 0.15) is 6.33 Å². The number of carbonyl (C=O) groups excluding carboxylic acids is 2. The van der Waals surface area contributed by atoms with Crippen molar-refractivity contribution in [1.29, 1.82) is 0 Å². The molecule has 0 spiro atoms. The van der Waals surface area contributed by atoms with Crippen LogP contribution in [0.5, 0.6) is 0 Å². The predicted molar refractivity (Wildman–Crippen MR) is 75.7 cm³/mol. The number of nitrogens with zero attached hydrogens (tertiary/aromatic N) is 3. The Hall–Kier alpha value is -2.34. The van der Waals surface area contributed by atoms with E-state index in [-0.39, 0.29) is 18.1 Å². The molecule has 0 bridgehead atoms. The second kappa shape index (κ2) is 4.89. The molecular weight excluding hydrogens is 294 g/mol. The first kappa shape index (κ1) is 13.6. The van der Waals surface area contributed by atoms with Crippen LogP contribution in [0.4, 0.5) is 0 Å². The number of halogens is 1. The quantitative estimate of drug-likeness (QED) is 0.755. The van der Waals surface area contributed by atoms with Crippen molar-refractivity contribution >= 4 is 23.5 Å². The summed E-state index contributed by atoms with van der Waals surface area (Å²) in [7, 11) is 2.96. The predicted octanol–water partition coefficient (Wildman–Crippen LogP) is 1.90. The Morgan fingerprint density at radius 1 is 1.43 bits per heavy atom. The van der Waals surface area contributed by atoms with Gasteiger partial charge in [-0.2, -0.15) is 0 Å². The van der Waals surface area contributed by atoms with Crippen LogP contribution >= 0.6 is 11.6 Å². The van der Waals surface area contributed by atoms with Gasteiger partial charge in [0.25, 0.3) is 5.91 Å². The molecule has 0 saturated heterocycles. The number of methoxy groups -OCH3 is 1. The lowest BCUT2D eigenvalue weighted by atomic mass is 10.1. The van der Waals surface area contributed by atoms with E-state index in [0.29, 0.717) is 22.0 Å². The average Bonchev–Trinajstić information content (AvgIpc) is 2.85. The van der Waals surface area contributed by atoms with E-state index in [1.165, 1.54) is 18.3 Å². The number of fused-ring (bicyclic) bond motifs is 3. The summed E-state index contributed by atoms with van der Waals surface area (Å²) in [6.45, 7) is 0.259. The summed E-state index contributed by atoms with van der Waals surface area (Å²) in [6, 6.07) is 5.05. The monoisotopic (exact) mass is 305 g/mol. The van der Waals surface area contributed by atoms with Crippen LogP contribution in [0.1, 0.15) is 26.5 Å². The molecular formula is C14H12ClN3O3. The number of hydrogen-bond acceptors (Lipinski definition) is 4. The Bertz CT molecular complexity index is 754. The summed E-state index contributed by atoms with van der Waals surface area (Å²) in [5, 5.41) is 0.479. The van der Waals surface area contributed by atoms with E-state index in [0.717, 1.165) is 0 Å². The summed E-state index contributed by atoms with van der Waals surface area (Å²) in [5.41, 5.74) is 1.93. The van der Waals surface area contributed by atoms with Gasteiger partial charge >= 0.3 is 5.97 Å². The molecule has 0 N–H and O–H groups in total. The first-order valence-electron chi connectivity index (χ1n) is 6.23. The van der Waals surface area contributed by atoms with Crippen LogP contribution in [-0.2, 0) is 11.3 Å². The highest BCUT2D eigenvalue weighted by Crippen LogP contribution is 2.27. The Kier molecular flexibility index (Phi) is 3.17. The van der Waals surface area contributed by atoms with Gasteiger partial charge in [0.05, 0.1) is 30.6 Å². The zero-order valence-electron chi connectivity index (χ0n) is 11.5. The van der Waals surface area contributed by atoms with Crippen molar-refractivity contribution in [3.8, 4) is 5.69 Å². The van der Waals surface area contributed by atoms with Gasteiger partial charge in [0.2, 0.25) is 0 Å². The zero-order chi connectivity index (χ0) is 15.1. The number of carbonyl (C=O) groups is 2. The van der Waals surface area contributed by atoms with Crippen LogP contribution in [-0.4, -0.2) is 40.5 Å². The number of esters is 1. The van der Waals surface area contributed by atoms with Crippen LogP contribution < -0.4 is 0 Å². The normalized spacial score (nSPS) is 13.5. The van der Waals surface area contributed by atoms with Crippen LogP contribution in [0.2, 0.25) is 5.02 Å². The molecule has 2 aromatic rings. The molecule has 0 atom stereocenters. The van der Waals surface area contributed by atoms with E-state index in [1.807, 2.05) is 0 Å². The minimum absolute atomic E-state index is 0.160. The fourth-order valence-electron chi connectivity index (χ4n) is 2.39. The lowest BCUT2D eigenvalue weighted by molar-refractivity contribution is 0.0589. The van der Waals surface area contributed by atoms with Gasteiger partial charge in [-0.1, -0.05) is 11.6 Å². The molecule has 0 unspecified atom stereocenters. The van der Waals surface area contributed by atoms with Gasteiger partial charge in [-0.15, -0.1) is 0 Å². The third-order valence-corrected chi connectivity index (χ3v) is 3.66. The van der Waals surface area contributed by atoms with Crippen LogP contribution in [0.3, 0.4) is 0 Å². The number of amides is 1. The molecule has 7 heteroatoms. The largest absolute Gasteiger partial charge is 0.464 e. The third kappa shape index (κ3) is 2.08. The minimum Gasteiger partial charge on any atom is -0.464 e. The van der Waals surface area contributed by atoms with Gasteiger partial charge in [-0.25, -0.2) is 9.78 Å². The van der Waals surface area contributed by atoms with Crippen LogP contribution in [0.15, 0.2) is 24.5 Å². The number of hydrogen-bond donors (Lipinski definition) is 0. The highest BCUT2D eigenvalue weighted by Gasteiger charge is 2.28. The summed E-state index contributed by atoms with van der Waals surface area (Å²) in [5.74, 6) is -0.686. The van der Waals surface area contributed by atoms with Crippen molar-refractivity contribution in [3.63, 3.8) is 0 Å². The molecule has 108 valence electrons. The van der Waals surface area contributed by atoms with E-state index in [2.05, 4.69) is 4.98 Å². The molecule has 3 rings (SSSR count). The van der Waals surface area contributed by atoms with E-state index in [9.17, 15) is 9.59 Å². The van der Waals surface area contributed by atoms with Crippen molar-refractivity contribution in [3.05, 3.63) is 46.5 Å². The highest BCUT2D eigenvalue weighted by atomic mass is 35.5. The maximum absolute atomic E-state index is 12.4. The number of aromatic nitrogens is 2. The van der Waals surface area contributed by atoms with Gasteiger partial charge in [-0.05, 0) is 18.2 Å². The molecule has 1 aliphatic rings. The molecule has 1 amide bonds. The molecule has 0 aliphatic carbocycles. The standard InChI is InChI=1S/C14H12ClN3O3/c1-17-6-11-12(14(20)21-2)16-7-18(11)10-4-3-8(15)5-9(10)13(17)19/h3-5,7H,6H2,1-2H3. The van der Waals surface area contributed by atoms with E-state index >= 15 is 0 Å². The first-order chi connectivity index (χ1) is 10.0. The summed E-state index contributed by atoms with van der Waals surface area (Å²) in [4.78, 5) is 29.8. The summed E-state index contributed by atoms with van der Waals surface area (Å²) < 4.78 is 6.45. The highest BCUT2D eigenvalue weighted by molar-refractivity contribution is 6.31. The molecule has 0 fully saturated rings. The Balaban J connectivity index is 2.27. The van der Waals surface area contributed by atoms with Gasteiger partial charge < -0.3 is 9.64 Å². The van der Waals surface area contributed by atoms with Crippen LogP contribution in [0, 0.1) is 0 Å². The molecule has 0 saturated carbocycles. The fourth-order valence-corrected chi connectivity index (χ4v) is 2.56. The Labute approximate surface area is 125 Å². The van der Waals surface area contributed by atoms with Crippen molar-refractivity contribution in [2.75, 3.05) is 14.2 Å². The SMILES string of the molecule is COC(=O)c1ncn2c1CN(C)C(=O)c1cc(Cl)ccc1-2. The summed E-state index contributed by atoms with van der Waals surface area (Å²) in [6.07, 6.45) is 1.51. The number of imidazole rings is 1. The molecule has 1 aromatic carbocycles. The lowest BCUT2D eigenvalue weighted by Gasteiger charge is -2.14. The average molecular weight is 306 g/mol. The second-order valence-corrected chi connectivity index (χ2v) is 5.16. The number of benzene rings is 1. The van der Waals surface area contributed by atoms with Crippen molar-refractivity contribution in [1.82, 2.24) is 14.5 Å². The maximum Gasteiger partial charge on any atom is 0.358 e. The topological polar surface area (TPSA) is 64.4 Å². The molecule has 1 aromatic heterocycles. The lowest BCUT2D eigenvalue weighted by Crippen LogP contribution is -2.25. The van der Waals surface area contributed by atoms with E-state index in [4.69, 9.17) is 16.3 Å². The molecule has 2 heterocycles. The maximum atomic E-state index is 12.4. The van der Waals surface area contributed by atoms with Crippen molar-refractivity contribution in [2.45, 2.75) is 6.54 Å². The van der Waals surface area contributed by atoms with Gasteiger partial charge in [0.15, 0.2) is 5.69 Å². The minimum atomic E-state index is -0.526. The molecule has 0 radical (unpaired) electrons. The number of ether oxygens (including phenoxy) is 1. The molecule has 21 heavy (non-hydrogen) atoms. The van der Waals surface area contributed by atoms with Crippen LogP contribution in [0.25, 0.3) is 5.69 Å². The Morgan fingerprint density at radius 3 is 2.90 bits per heavy atom. The molecule has 6 nitrogen and oxygen atoms in total. The van der Waals surface area contributed by atoms with Gasteiger partial charge in [-0.3, -0.25) is 9.36 Å².